The molecule has 0 aliphatic heterocycles. The molecule has 5 aromatic rings. The fourth-order valence-electron chi connectivity index (χ4n) is 3.34. The van der Waals surface area contributed by atoms with Crippen LogP contribution in [0.5, 0.6) is 0 Å². The number of rotatable bonds is 5. The fraction of sp³-hybridized carbons (Fsp3) is 0.0435. The van der Waals surface area contributed by atoms with Crippen LogP contribution in [-0.4, -0.2) is 26.8 Å². The van der Waals surface area contributed by atoms with Crippen molar-refractivity contribution in [2.24, 2.45) is 5.10 Å². The minimum absolute atomic E-state index is 0.139. The Kier molecular flexibility index (Phi) is 5.08. The monoisotopic (exact) mass is 444 g/mol. The zero-order chi connectivity index (χ0) is 22.1. The first-order chi connectivity index (χ1) is 15.6. The van der Waals surface area contributed by atoms with Crippen molar-refractivity contribution in [3.8, 4) is 0 Å². The van der Waals surface area contributed by atoms with Crippen LogP contribution in [0.3, 0.4) is 0 Å². The highest BCUT2D eigenvalue weighted by Crippen LogP contribution is 2.28. The standard InChI is InChI=1S/C23H17FN6OS/c24-15-9-7-14(8-10-15)12-26-23(31)19-20-22(29-18-6-2-1-5-17(18)28-20)30(21(19)25)27-13-16-4-3-11-32-16/h1-11,13H,12,25H2,(H,26,31). The van der Waals surface area contributed by atoms with Gasteiger partial charge in [0.05, 0.1) is 17.2 Å². The number of hydrogen-bond donors (Lipinski definition) is 2. The Morgan fingerprint density at radius 1 is 1.09 bits per heavy atom. The van der Waals surface area contributed by atoms with Crippen molar-refractivity contribution in [2.45, 2.75) is 6.54 Å². The van der Waals surface area contributed by atoms with E-state index in [4.69, 9.17) is 5.73 Å². The highest BCUT2D eigenvalue weighted by molar-refractivity contribution is 7.11. The number of nitrogens with zero attached hydrogens (tertiary/aromatic N) is 4. The molecule has 0 saturated carbocycles. The van der Waals surface area contributed by atoms with E-state index < -0.39 is 5.91 Å². The van der Waals surface area contributed by atoms with Crippen LogP contribution in [0.15, 0.2) is 71.1 Å². The van der Waals surface area contributed by atoms with Crippen molar-refractivity contribution in [1.29, 1.82) is 0 Å². The highest BCUT2D eigenvalue weighted by Gasteiger charge is 2.24. The van der Waals surface area contributed by atoms with Crippen LogP contribution in [0.4, 0.5) is 10.2 Å². The molecular weight excluding hydrogens is 427 g/mol. The van der Waals surface area contributed by atoms with Crippen molar-refractivity contribution >= 4 is 51.5 Å². The number of nitrogens with two attached hydrogens (primary N) is 1. The smallest absolute Gasteiger partial charge is 0.257 e. The van der Waals surface area contributed by atoms with E-state index in [1.807, 2.05) is 41.8 Å². The largest absolute Gasteiger partial charge is 0.383 e. The molecule has 3 N–H and O–H groups in total. The molecule has 7 nitrogen and oxygen atoms in total. The van der Waals surface area contributed by atoms with Crippen LogP contribution >= 0.6 is 11.3 Å². The number of carbonyl (C=O) groups excluding carboxylic acids is 1. The first kappa shape index (κ1) is 19.8. The number of aromatic nitrogens is 3. The van der Waals surface area contributed by atoms with Crippen LogP contribution < -0.4 is 11.1 Å². The van der Waals surface area contributed by atoms with Gasteiger partial charge in [0.15, 0.2) is 5.65 Å². The molecule has 1 amide bonds. The van der Waals surface area contributed by atoms with Crippen molar-refractivity contribution in [1.82, 2.24) is 20.0 Å². The van der Waals surface area contributed by atoms with Gasteiger partial charge in [0.2, 0.25) is 0 Å². The lowest BCUT2D eigenvalue weighted by Gasteiger charge is -2.05. The number of halogens is 1. The van der Waals surface area contributed by atoms with Gasteiger partial charge in [-0.1, -0.05) is 30.3 Å². The first-order valence-electron chi connectivity index (χ1n) is 9.77. The van der Waals surface area contributed by atoms with Gasteiger partial charge in [-0.3, -0.25) is 4.79 Å². The third-order valence-corrected chi connectivity index (χ3v) is 5.72. The molecule has 0 radical (unpaired) electrons. The van der Waals surface area contributed by atoms with E-state index in [9.17, 15) is 9.18 Å². The van der Waals surface area contributed by atoms with Crippen molar-refractivity contribution in [3.05, 3.63) is 87.9 Å². The normalized spacial score (nSPS) is 11.5. The summed E-state index contributed by atoms with van der Waals surface area (Å²) in [5.74, 6) is -0.607. The van der Waals surface area contributed by atoms with Gasteiger partial charge in [-0.25, -0.2) is 14.4 Å². The number of amides is 1. The molecular formula is C23H17FN6OS. The molecule has 3 aromatic heterocycles. The molecule has 0 atom stereocenters. The average molecular weight is 444 g/mol. The van der Waals surface area contributed by atoms with Crippen LogP contribution in [-0.2, 0) is 6.54 Å². The number of anilines is 1. The third-order valence-electron chi connectivity index (χ3n) is 4.91. The maximum Gasteiger partial charge on any atom is 0.257 e. The van der Waals surface area contributed by atoms with Crippen LogP contribution in [0.25, 0.3) is 22.2 Å². The number of hydrogen-bond acceptors (Lipinski definition) is 6. The van der Waals surface area contributed by atoms with Gasteiger partial charge >= 0.3 is 0 Å². The van der Waals surface area contributed by atoms with Crippen molar-refractivity contribution < 1.29 is 9.18 Å². The quantitative estimate of drug-likeness (QED) is 0.397. The van der Waals surface area contributed by atoms with Gasteiger partial charge in [-0.05, 0) is 41.3 Å². The van der Waals surface area contributed by atoms with Crippen LogP contribution in [0.1, 0.15) is 20.8 Å². The van der Waals surface area contributed by atoms with Gasteiger partial charge in [0.25, 0.3) is 5.91 Å². The Bertz CT molecular complexity index is 1460. The summed E-state index contributed by atoms with van der Waals surface area (Å²) in [5, 5.41) is 9.24. The molecule has 3 heterocycles. The molecule has 0 bridgehead atoms. The SMILES string of the molecule is Nc1c(C(=O)NCc2ccc(F)cc2)c2nc3ccccc3nc2n1N=Cc1cccs1. The Morgan fingerprint density at radius 3 is 2.56 bits per heavy atom. The summed E-state index contributed by atoms with van der Waals surface area (Å²) in [4.78, 5) is 23.3. The predicted octanol–water partition coefficient (Wildman–Crippen LogP) is 4.18. The van der Waals surface area contributed by atoms with E-state index in [-0.39, 0.29) is 23.7 Å². The van der Waals surface area contributed by atoms with Crippen molar-refractivity contribution in [2.75, 3.05) is 5.73 Å². The lowest BCUT2D eigenvalue weighted by Crippen LogP contribution is -2.23. The average Bonchev–Trinajstić information content (AvgIpc) is 3.41. The topological polar surface area (TPSA) is 98.2 Å². The lowest BCUT2D eigenvalue weighted by atomic mass is 10.2. The number of benzene rings is 2. The number of nitrogen functional groups attached to an aromatic ring is 1. The lowest BCUT2D eigenvalue weighted by molar-refractivity contribution is 0.0953. The second-order valence-corrected chi connectivity index (χ2v) is 8.00. The van der Waals surface area contributed by atoms with Gasteiger partial charge in [0.1, 0.15) is 22.7 Å². The van der Waals surface area contributed by atoms with E-state index in [2.05, 4.69) is 20.4 Å². The summed E-state index contributed by atoms with van der Waals surface area (Å²) < 4.78 is 14.6. The second kappa shape index (κ2) is 8.20. The van der Waals surface area contributed by atoms with E-state index in [1.54, 1.807) is 18.3 Å². The molecule has 0 spiro atoms. The predicted molar refractivity (Wildman–Crippen MR) is 124 cm³/mol. The number of carbonyl (C=O) groups is 1. The zero-order valence-corrected chi connectivity index (χ0v) is 17.5. The van der Waals surface area contributed by atoms with E-state index >= 15 is 0 Å². The Morgan fingerprint density at radius 2 is 1.84 bits per heavy atom. The highest BCUT2D eigenvalue weighted by atomic mass is 32.1. The Balaban J connectivity index is 1.58. The van der Waals surface area contributed by atoms with Gasteiger partial charge in [-0.2, -0.15) is 9.78 Å². The van der Waals surface area contributed by atoms with Crippen LogP contribution in [0.2, 0.25) is 0 Å². The van der Waals surface area contributed by atoms with Crippen LogP contribution in [0, 0.1) is 5.82 Å². The molecule has 0 unspecified atom stereocenters. The van der Waals surface area contributed by atoms with Gasteiger partial charge in [0, 0.05) is 11.4 Å². The van der Waals surface area contributed by atoms with Gasteiger partial charge in [-0.15, -0.1) is 11.3 Å². The third kappa shape index (κ3) is 3.69. The Labute approximate surface area is 186 Å². The first-order valence-corrected chi connectivity index (χ1v) is 10.7. The molecule has 9 heteroatoms. The number of para-hydroxylation sites is 2. The molecule has 2 aromatic carbocycles. The zero-order valence-electron chi connectivity index (χ0n) is 16.7. The summed E-state index contributed by atoms with van der Waals surface area (Å²) in [7, 11) is 0. The summed E-state index contributed by atoms with van der Waals surface area (Å²) in [6.07, 6.45) is 1.66. The van der Waals surface area contributed by atoms with Gasteiger partial charge < -0.3 is 11.1 Å². The summed E-state index contributed by atoms with van der Waals surface area (Å²) >= 11 is 1.53. The molecule has 0 fully saturated rings. The number of nitrogens with one attached hydrogen (secondary N) is 1. The summed E-state index contributed by atoms with van der Waals surface area (Å²) in [6.45, 7) is 0.213. The Hall–Kier alpha value is -4.11. The molecule has 32 heavy (non-hydrogen) atoms. The molecule has 0 saturated heterocycles. The fourth-order valence-corrected chi connectivity index (χ4v) is 3.92. The number of fused-ring (bicyclic) bond motifs is 2. The van der Waals surface area contributed by atoms with E-state index in [0.29, 0.717) is 22.2 Å². The van der Waals surface area contributed by atoms with E-state index in [1.165, 1.54) is 28.1 Å². The minimum atomic E-state index is -0.411. The second-order valence-electron chi connectivity index (χ2n) is 7.03. The molecule has 0 aliphatic rings. The molecule has 5 rings (SSSR count). The van der Waals surface area contributed by atoms with Crippen molar-refractivity contribution in [3.63, 3.8) is 0 Å². The minimum Gasteiger partial charge on any atom is -0.383 e. The number of thiophene rings is 1. The molecule has 158 valence electrons. The summed E-state index contributed by atoms with van der Waals surface area (Å²) in [6, 6.07) is 17.1. The summed E-state index contributed by atoms with van der Waals surface area (Å²) in [5.41, 5.74) is 9.39. The van der Waals surface area contributed by atoms with E-state index in [0.717, 1.165) is 10.4 Å². The maximum absolute atomic E-state index is 13.1. The maximum atomic E-state index is 13.1. The molecule has 0 aliphatic carbocycles.